The fourth-order valence-electron chi connectivity index (χ4n) is 2.57. The standard InChI is InChI=1S/C19H16N4O5S/c1-11-3-5-14(6-4-11)29-15-8-12(7-13(9-15)23(27)28)20-18(24)17-16(19(25)26)10-22(2)21-17/h3-10H,1-2H3,(H,20,24)(H,25,26). The number of aryl methyl sites for hydroxylation is 2. The van der Waals surface area contributed by atoms with Crippen LogP contribution in [-0.4, -0.2) is 31.7 Å². The number of carboxylic acids is 1. The molecule has 1 heterocycles. The van der Waals surface area contributed by atoms with E-state index in [-0.39, 0.29) is 22.6 Å². The maximum absolute atomic E-state index is 12.5. The molecule has 9 nitrogen and oxygen atoms in total. The summed E-state index contributed by atoms with van der Waals surface area (Å²) in [6.45, 7) is 1.96. The van der Waals surface area contributed by atoms with Crippen LogP contribution in [0.5, 0.6) is 0 Å². The lowest BCUT2D eigenvalue weighted by Gasteiger charge is -2.08. The average Bonchev–Trinajstić information content (AvgIpc) is 3.06. The molecule has 148 valence electrons. The summed E-state index contributed by atoms with van der Waals surface area (Å²) < 4.78 is 1.21. The Hall–Kier alpha value is -3.66. The van der Waals surface area contributed by atoms with E-state index in [2.05, 4.69) is 10.4 Å². The van der Waals surface area contributed by atoms with Crippen LogP contribution in [0.4, 0.5) is 11.4 Å². The average molecular weight is 412 g/mol. The topological polar surface area (TPSA) is 127 Å². The first kappa shape index (κ1) is 20.1. The molecule has 0 bridgehead atoms. The van der Waals surface area contributed by atoms with E-state index in [0.717, 1.165) is 10.5 Å². The lowest BCUT2D eigenvalue weighted by atomic mass is 10.2. The summed E-state index contributed by atoms with van der Waals surface area (Å²) in [6, 6.07) is 11.8. The highest BCUT2D eigenvalue weighted by atomic mass is 32.2. The highest BCUT2D eigenvalue weighted by Gasteiger charge is 2.22. The Morgan fingerprint density at radius 3 is 2.48 bits per heavy atom. The van der Waals surface area contributed by atoms with Crippen LogP contribution in [0, 0.1) is 17.0 Å². The summed E-state index contributed by atoms with van der Waals surface area (Å²) in [5.41, 5.74) is 0.521. The van der Waals surface area contributed by atoms with Gasteiger partial charge in [0, 0.05) is 40.9 Å². The number of hydrogen-bond acceptors (Lipinski definition) is 6. The quantitative estimate of drug-likeness (QED) is 0.466. The van der Waals surface area contributed by atoms with E-state index in [0.29, 0.717) is 4.90 Å². The first-order valence-electron chi connectivity index (χ1n) is 8.35. The summed E-state index contributed by atoms with van der Waals surface area (Å²) in [4.78, 5) is 36.0. The molecule has 3 rings (SSSR count). The van der Waals surface area contributed by atoms with Gasteiger partial charge in [0.15, 0.2) is 5.69 Å². The van der Waals surface area contributed by atoms with Crippen LogP contribution < -0.4 is 5.32 Å². The van der Waals surface area contributed by atoms with Crippen LogP contribution in [-0.2, 0) is 7.05 Å². The molecule has 0 saturated carbocycles. The van der Waals surface area contributed by atoms with Crippen molar-refractivity contribution in [2.45, 2.75) is 16.7 Å². The van der Waals surface area contributed by atoms with Gasteiger partial charge in [0.25, 0.3) is 11.6 Å². The fraction of sp³-hybridized carbons (Fsp3) is 0.105. The van der Waals surface area contributed by atoms with Gasteiger partial charge in [-0.3, -0.25) is 19.6 Å². The number of aromatic carboxylic acids is 1. The normalized spacial score (nSPS) is 10.6. The number of nitro benzene ring substituents is 1. The maximum Gasteiger partial charge on any atom is 0.339 e. The van der Waals surface area contributed by atoms with E-state index in [4.69, 9.17) is 0 Å². The van der Waals surface area contributed by atoms with Crippen molar-refractivity contribution in [3.63, 3.8) is 0 Å². The molecule has 2 N–H and O–H groups in total. The molecular weight excluding hydrogens is 396 g/mol. The third kappa shape index (κ3) is 4.79. The van der Waals surface area contributed by atoms with Gasteiger partial charge in [-0.05, 0) is 25.1 Å². The van der Waals surface area contributed by atoms with Gasteiger partial charge in [0.1, 0.15) is 5.56 Å². The first-order chi connectivity index (χ1) is 13.7. The summed E-state index contributed by atoms with van der Waals surface area (Å²) in [7, 11) is 1.49. The number of carbonyl (C=O) groups excluding carboxylic acids is 1. The van der Waals surface area contributed by atoms with E-state index < -0.39 is 16.8 Å². The third-order valence-electron chi connectivity index (χ3n) is 3.89. The van der Waals surface area contributed by atoms with Crippen LogP contribution >= 0.6 is 11.8 Å². The van der Waals surface area contributed by atoms with Crippen molar-refractivity contribution in [1.29, 1.82) is 0 Å². The third-order valence-corrected chi connectivity index (χ3v) is 4.87. The minimum absolute atomic E-state index is 0.167. The Kier molecular flexibility index (Phi) is 5.64. The molecule has 0 atom stereocenters. The fourth-order valence-corrected chi connectivity index (χ4v) is 3.48. The van der Waals surface area contributed by atoms with Crippen LogP contribution in [0.3, 0.4) is 0 Å². The van der Waals surface area contributed by atoms with Gasteiger partial charge in [-0.25, -0.2) is 4.79 Å². The van der Waals surface area contributed by atoms with Gasteiger partial charge in [-0.15, -0.1) is 0 Å². The Morgan fingerprint density at radius 2 is 1.86 bits per heavy atom. The van der Waals surface area contributed by atoms with Gasteiger partial charge in [-0.1, -0.05) is 29.5 Å². The van der Waals surface area contributed by atoms with Crippen molar-refractivity contribution in [2.75, 3.05) is 5.32 Å². The van der Waals surface area contributed by atoms with Gasteiger partial charge in [-0.2, -0.15) is 5.10 Å². The first-order valence-corrected chi connectivity index (χ1v) is 9.17. The largest absolute Gasteiger partial charge is 0.478 e. The molecular formula is C19H16N4O5S. The summed E-state index contributed by atoms with van der Waals surface area (Å²) in [5, 5.41) is 26.9. The summed E-state index contributed by atoms with van der Waals surface area (Å²) in [6.07, 6.45) is 1.21. The number of carboxylic acid groups (broad SMARTS) is 1. The monoisotopic (exact) mass is 412 g/mol. The molecule has 29 heavy (non-hydrogen) atoms. The van der Waals surface area contributed by atoms with E-state index in [1.54, 1.807) is 6.07 Å². The smallest absolute Gasteiger partial charge is 0.339 e. The van der Waals surface area contributed by atoms with Crippen molar-refractivity contribution < 1.29 is 19.6 Å². The number of carbonyl (C=O) groups is 2. The Morgan fingerprint density at radius 1 is 1.17 bits per heavy atom. The predicted molar refractivity (Wildman–Crippen MR) is 107 cm³/mol. The van der Waals surface area contributed by atoms with Crippen LogP contribution in [0.25, 0.3) is 0 Å². The van der Waals surface area contributed by atoms with E-state index >= 15 is 0 Å². The minimum atomic E-state index is -1.29. The Balaban J connectivity index is 1.91. The van der Waals surface area contributed by atoms with Crippen molar-refractivity contribution in [1.82, 2.24) is 9.78 Å². The zero-order valence-electron chi connectivity index (χ0n) is 15.4. The highest BCUT2D eigenvalue weighted by Crippen LogP contribution is 2.33. The molecule has 0 unspecified atom stereocenters. The van der Waals surface area contributed by atoms with E-state index in [1.165, 1.54) is 41.8 Å². The Labute approximate surface area is 169 Å². The van der Waals surface area contributed by atoms with Crippen LogP contribution in [0.15, 0.2) is 58.5 Å². The van der Waals surface area contributed by atoms with Gasteiger partial charge < -0.3 is 10.4 Å². The second kappa shape index (κ2) is 8.15. The SMILES string of the molecule is Cc1ccc(Sc2cc(NC(=O)c3nn(C)cc3C(=O)O)cc([N+](=O)[O-])c2)cc1. The number of benzene rings is 2. The summed E-state index contributed by atoms with van der Waals surface area (Å²) in [5.74, 6) is -2.06. The minimum Gasteiger partial charge on any atom is -0.478 e. The van der Waals surface area contributed by atoms with Gasteiger partial charge in [0.05, 0.1) is 4.92 Å². The van der Waals surface area contributed by atoms with Crippen molar-refractivity contribution >= 4 is 35.0 Å². The Bertz CT molecular complexity index is 1110. The van der Waals surface area contributed by atoms with Crippen LogP contribution in [0.1, 0.15) is 26.4 Å². The number of hydrogen-bond donors (Lipinski definition) is 2. The zero-order chi connectivity index (χ0) is 21.1. The number of nitro groups is 1. The molecule has 0 spiro atoms. The second-order valence-electron chi connectivity index (χ2n) is 6.21. The highest BCUT2D eigenvalue weighted by molar-refractivity contribution is 7.99. The van der Waals surface area contributed by atoms with Gasteiger partial charge >= 0.3 is 5.97 Å². The predicted octanol–water partition coefficient (Wildman–Crippen LogP) is 3.74. The molecule has 0 radical (unpaired) electrons. The number of aromatic nitrogens is 2. The number of non-ortho nitro benzene ring substituents is 1. The lowest BCUT2D eigenvalue weighted by Crippen LogP contribution is -2.16. The molecule has 0 fully saturated rings. The van der Waals surface area contributed by atoms with Crippen LogP contribution in [0.2, 0.25) is 0 Å². The molecule has 10 heteroatoms. The molecule has 3 aromatic rings. The molecule has 0 saturated heterocycles. The number of rotatable bonds is 6. The molecule has 0 aliphatic rings. The number of nitrogens with zero attached hydrogens (tertiary/aromatic N) is 3. The van der Waals surface area contributed by atoms with Crippen molar-refractivity contribution in [3.8, 4) is 0 Å². The zero-order valence-corrected chi connectivity index (χ0v) is 16.3. The molecule has 1 amide bonds. The molecule has 0 aliphatic heterocycles. The van der Waals surface area contributed by atoms with Gasteiger partial charge in [0.2, 0.25) is 0 Å². The van der Waals surface area contributed by atoms with E-state index in [1.807, 2.05) is 31.2 Å². The van der Waals surface area contributed by atoms with Crippen molar-refractivity contribution in [2.24, 2.45) is 7.05 Å². The summed E-state index contributed by atoms with van der Waals surface area (Å²) >= 11 is 1.31. The number of nitrogens with one attached hydrogen (secondary N) is 1. The molecule has 1 aromatic heterocycles. The second-order valence-corrected chi connectivity index (χ2v) is 7.36. The molecule has 2 aromatic carbocycles. The lowest BCUT2D eigenvalue weighted by molar-refractivity contribution is -0.385. The number of anilines is 1. The number of amides is 1. The van der Waals surface area contributed by atoms with E-state index in [9.17, 15) is 24.8 Å². The molecule has 0 aliphatic carbocycles. The maximum atomic E-state index is 12.5. The van der Waals surface area contributed by atoms with Crippen molar-refractivity contribution in [3.05, 3.63) is 75.6 Å².